The van der Waals surface area contributed by atoms with Crippen LogP contribution in [0.15, 0.2) is 153 Å². The number of alkyl carbamates (subject to hydrolysis) is 2. The van der Waals surface area contributed by atoms with Crippen LogP contribution in [0.2, 0.25) is 0 Å². The van der Waals surface area contributed by atoms with Gasteiger partial charge in [-0.05, 0) is 295 Å². The molecule has 30 heteroatoms. The van der Waals surface area contributed by atoms with Gasteiger partial charge in [-0.1, -0.05) is 153 Å². The van der Waals surface area contributed by atoms with E-state index >= 15 is 0 Å². The predicted molar refractivity (Wildman–Crippen MR) is 587 cm³/mol. The van der Waals surface area contributed by atoms with Crippen molar-refractivity contribution in [2.75, 3.05) is 49.2 Å². The Morgan fingerprint density at radius 1 is 0.588 bits per heavy atom. The van der Waals surface area contributed by atoms with Gasteiger partial charge in [-0.3, -0.25) is 19.2 Å². The first-order valence-corrected chi connectivity index (χ1v) is 61.6. The van der Waals surface area contributed by atoms with E-state index in [4.69, 9.17) is 47.8 Å². The summed E-state index contributed by atoms with van der Waals surface area (Å²) in [6, 6.07) is 30.7. The Kier molecular flexibility index (Phi) is 43.7. The van der Waals surface area contributed by atoms with E-state index < -0.39 is 132 Å². The van der Waals surface area contributed by atoms with Crippen LogP contribution >= 0.6 is 27.3 Å². The standard InChI is InChI=1S/C37H52N4O8.C35H48N4O8.C21H25N2.C18H33P.C7H6.2ClH.Ru/c1-7-10-11-12-13-18-29(38-34(45)49-36(4,5)6)32(43)41-24-28(48-35(46)40-20-19-25-16-14-15-17-26(25)23-40)21-30(41)31(42)39-37(22-27(37)8-2)33(44)47-9-3;1-5-45-31(42)35-20-25(35)15-9-7-6-8-10-16-27(36-32(43)47-34(2,3)4)30(41)39-22-26(19-28(39)29(40)37-35)46-33(44)38-18-17-23-13-11-12-14-24(23)21-38;1-14-9-16(3)20(17(4)10-14)22-7-8-23(13-22)21-18(5)11-15(2)12-19(21)6;1-4-10-16(11-5-1)19(17-12-6-2-7-13-17)18-14-8-3-9-15-18;1-7-5-3-2-4-6-7;;;/h7-8,14-17,27-30H,1-2,9-13,18-24H2,3-6H3,(H,38,45)(H,39,42);9,11-15,25-28H,5-8,10,16-22H2,1-4H3,(H,36,43)(H,37,40);7-13H,1-6H3;16-18H,1-15H2;1-6H;2*1H;/q;;-1;;;;;+2/p-1/b;15-9-;;;;;;/t27-,28-,29+,30+,37-;25-,26-,27+,28+,35-;;;;;;/m11....../s1. The number of aryl methyl sites for hydroxylation is 6. The number of rotatable bonds is 24. The average Bonchev–Trinajstić information content (AvgIpc) is 1.60. The van der Waals surface area contributed by atoms with Crippen LogP contribution in [-0.2, 0) is 96.6 Å². The molecule has 5 saturated carbocycles. The summed E-state index contributed by atoms with van der Waals surface area (Å²) >= 11 is -1.61. The van der Waals surface area contributed by atoms with E-state index in [1.165, 1.54) is 82.7 Å². The Balaban J connectivity index is 0.000000179. The van der Waals surface area contributed by atoms with Crippen LogP contribution < -0.4 is 31.1 Å². The summed E-state index contributed by atoms with van der Waals surface area (Å²) in [5.74, 6) is -3.69. The zero-order valence-corrected chi connectivity index (χ0v) is 94.4. The van der Waals surface area contributed by atoms with Crippen LogP contribution in [0.1, 0.15) is 303 Å². The van der Waals surface area contributed by atoms with Crippen molar-refractivity contribution in [2.45, 2.75) is 385 Å². The van der Waals surface area contributed by atoms with Gasteiger partial charge in [-0.2, -0.15) is 0 Å². The quantitative estimate of drug-likeness (QED) is 0.00849. The van der Waals surface area contributed by atoms with E-state index in [0.29, 0.717) is 77.5 Å². The monoisotopic (exact) mass is 2180 g/mol. The second-order valence-electron chi connectivity index (χ2n) is 43.9. The van der Waals surface area contributed by atoms with E-state index in [0.717, 1.165) is 55.2 Å². The number of unbranched alkanes of at least 4 members (excludes halogenated alkanes) is 3. The first kappa shape index (κ1) is 117. The summed E-state index contributed by atoms with van der Waals surface area (Å²) in [7, 11) is 11.3. The van der Waals surface area contributed by atoms with Crippen molar-refractivity contribution in [2.24, 2.45) is 11.8 Å². The molecule has 11 aliphatic rings. The fraction of sp³-hybridized carbons (Fsp3) is 0.576. The summed E-state index contributed by atoms with van der Waals surface area (Å²) in [5, 5.41) is 11.2. The molecule has 8 amide bonds. The molecule has 4 N–H and O–H groups in total. The summed E-state index contributed by atoms with van der Waals surface area (Å²) < 4.78 is 35.4. The van der Waals surface area contributed by atoms with Gasteiger partial charge in [0.25, 0.3) is 0 Å². The van der Waals surface area contributed by atoms with E-state index in [9.17, 15) is 47.9 Å². The topological polar surface area (TPSA) is 294 Å². The van der Waals surface area contributed by atoms with Crippen LogP contribution in [0.3, 0.4) is 0 Å². The molecule has 6 aliphatic heterocycles. The predicted octanol–water partition coefficient (Wildman–Crippen LogP) is 23.2. The average molecular weight is 2180 g/mol. The summed E-state index contributed by atoms with van der Waals surface area (Å²) in [6.07, 6.45) is 40.5. The van der Waals surface area contributed by atoms with Gasteiger partial charge in [0, 0.05) is 70.2 Å². The Morgan fingerprint density at radius 2 is 1.07 bits per heavy atom. The maximum absolute atomic E-state index is 14.3. The first-order chi connectivity index (χ1) is 70.8. The second-order valence-corrected chi connectivity index (χ2v) is 53.1. The molecule has 148 heavy (non-hydrogen) atoms. The minimum absolute atomic E-state index is 0.0178. The van der Waals surface area contributed by atoms with Crippen LogP contribution in [0.5, 0.6) is 0 Å². The van der Waals surface area contributed by atoms with Crippen molar-refractivity contribution in [1.29, 1.82) is 0 Å². The van der Waals surface area contributed by atoms with Gasteiger partial charge < -0.3 is 79.1 Å². The number of hydrogen-bond donors (Lipinski definition) is 4. The molecule has 2 saturated heterocycles. The number of esters is 2. The van der Waals surface area contributed by atoms with Crippen LogP contribution in [-0.4, -0.2) is 199 Å². The van der Waals surface area contributed by atoms with Gasteiger partial charge in [0.05, 0.1) is 43.3 Å². The zero-order chi connectivity index (χ0) is 107. The molecule has 0 radical (unpaired) electrons. The molecular formula is C118H165Cl2N10O16PRu. The number of carbonyl (C=O) groups excluding carboxylic acids is 10. The number of amides is 8. The summed E-state index contributed by atoms with van der Waals surface area (Å²) in [5.41, 5.74) is 15.6. The number of hydrogen-bond acceptors (Lipinski definition) is 18. The molecule has 5 aliphatic carbocycles. The van der Waals surface area contributed by atoms with Crippen molar-refractivity contribution in [3.05, 3.63) is 221 Å². The maximum atomic E-state index is 14.3. The van der Waals surface area contributed by atoms with Crippen molar-refractivity contribution < 1.29 is 89.9 Å². The Bertz CT molecular complexity index is 5320. The number of allylic oxidation sites excluding steroid dienone is 2. The third-order valence-electron chi connectivity index (χ3n) is 30.1. The summed E-state index contributed by atoms with van der Waals surface area (Å²) in [4.78, 5) is 145. The van der Waals surface area contributed by atoms with E-state index in [-0.39, 0.29) is 58.9 Å². The van der Waals surface area contributed by atoms with E-state index in [1.54, 1.807) is 168 Å². The number of nitrogens with zero attached hydrogens (tertiary/aromatic N) is 6. The van der Waals surface area contributed by atoms with Gasteiger partial charge in [-0.25, -0.2) is 28.8 Å². The first-order valence-electron chi connectivity index (χ1n) is 54.4. The fourth-order valence-electron chi connectivity index (χ4n) is 22.9. The number of carbonyl (C=O) groups is 10. The van der Waals surface area contributed by atoms with Gasteiger partial charge in [0.1, 0.15) is 58.7 Å². The molecule has 7 fully saturated rings. The zero-order valence-electron chi connectivity index (χ0n) is 90.1. The van der Waals surface area contributed by atoms with Crippen LogP contribution in [0.4, 0.5) is 30.6 Å². The Labute approximate surface area is 894 Å². The molecule has 10 atom stereocenters. The third-order valence-corrected chi connectivity index (χ3v) is 36.5. The third kappa shape index (κ3) is 33.0. The molecule has 810 valence electrons. The molecule has 0 unspecified atom stereocenters. The number of fused-ring (bicyclic) bond motifs is 4. The minimum atomic E-state index is -1.61. The summed E-state index contributed by atoms with van der Waals surface area (Å²) in [6.45, 7) is 38.5. The van der Waals surface area contributed by atoms with Crippen LogP contribution in [0.25, 0.3) is 0 Å². The molecule has 5 aromatic rings. The molecule has 0 aromatic heterocycles. The van der Waals surface area contributed by atoms with Gasteiger partial charge in [0.15, 0.2) is 0 Å². The van der Waals surface area contributed by atoms with E-state index in [2.05, 4.69) is 135 Å². The van der Waals surface area contributed by atoms with Gasteiger partial charge in [-0.15, -0.1) is 19.8 Å². The van der Waals surface area contributed by atoms with Crippen molar-refractivity contribution >= 4 is 103 Å². The molecule has 0 spiro atoms. The van der Waals surface area contributed by atoms with Gasteiger partial charge >= 0.3 is 110 Å². The van der Waals surface area contributed by atoms with Crippen LogP contribution in [0, 0.1) is 60.0 Å². The Hall–Kier alpha value is -9.94. The number of nitrogens with one attached hydrogen (secondary N) is 4. The molecular weight excluding hydrogens is 2020 g/mol. The number of benzene rings is 5. The number of halogens is 2. The fourth-order valence-corrected chi connectivity index (χ4v) is 30.0. The second kappa shape index (κ2) is 55.4. The van der Waals surface area contributed by atoms with Crippen molar-refractivity contribution in [3.8, 4) is 0 Å². The van der Waals surface area contributed by atoms with Crippen molar-refractivity contribution in [1.82, 2.24) is 40.9 Å². The number of anilines is 2. The molecule has 5 aromatic carbocycles. The Morgan fingerprint density at radius 3 is 1.57 bits per heavy atom. The molecule has 26 nitrogen and oxygen atoms in total. The normalized spacial score (nSPS) is 23.5. The van der Waals surface area contributed by atoms with Gasteiger partial charge in [0.2, 0.25) is 23.6 Å². The number of ether oxygens (including phenoxy) is 6. The molecule has 0 bridgehead atoms. The SMILES string of the molecule is C1CCC([PH+](C2CCCCC2)C2CCCCC2)CC1.C=CCCCCC[C@H](NC(=O)OC(C)(C)C)C(=O)N1C[C@H](OC(=O)N2CCc3ccccc3C2)C[C@H]1C(=O)N[C@]1(C(=O)OCC)C[C@H]1C=C.CCOC(=O)[C@@]12C[C@H]1/C=C\CCCCC[C@H](NC(=O)OC(C)(C)C)C(=O)N1C[C@H](OC(=O)N3CCc4ccccc4C3)C[C@H]1C(=O)N2.Cc1cc(C)c(N2C=CN(c3c(C)cc(C)cc3C)[CH-]2)c(C)c1.[Cl][Ru]([Cl])=[CH]c1ccccc1. The van der Waals surface area contributed by atoms with E-state index in [1.807, 2.05) is 95.6 Å². The molecule has 6 heterocycles. The van der Waals surface area contributed by atoms with Crippen molar-refractivity contribution in [3.63, 3.8) is 0 Å². The molecule has 16 rings (SSSR count). The number of likely N-dealkylation sites (tertiary alicyclic amines) is 1.